The molecule has 0 unspecified atom stereocenters. The Hall–Kier alpha value is 1.38. The van der Waals surface area contributed by atoms with Crippen molar-refractivity contribution in [3.8, 4) is 0 Å². The van der Waals surface area contributed by atoms with E-state index in [2.05, 4.69) is 10.3 Å². The predicted octanol–water partition coefficient (Wildman–Crippen LogP) is 1.97. The molecule has 0 N–H and O–H groups in total. The van der Waals surface area contributed by atoms with Gasteiger partial charge in [-0.25, -0.2) is 0 Å². The Morgan fingerprint density at radius 2 is 1.40 bits per heavy atom. The third-order valence-corrected chi connectivity index (χ3v) is 0. The molecule has 40 valence electrons. The molecule has 0 aromatic heterocycles. The van der Waals surface area contributed by atoms with E-state index in [1.54, 1.807) is 0 Å². The average Bonchev–Trinajstić information content (AvgIpc) is 0.811. The molecular formula is C2H8AuClS. The van der Waals surface area contributed by atoms with Gasteiger partial charge < -0.3 is 0 Å². The Balaban J connectivity index is 0. The first kappa shape index (κ1) is 9.63. The van der Waals surface area contributed by atoms with Gasteiger partial charge in [-0.2, -0.15) is 13.5 Å². The average molecular weight is 297 g/mol. The molecule has 0 radical (unpaired) electrons. The van der Waals surface area contributed by atoms with Crippen molar-refractivity contribution in [3.05, 3.63) is 0 Å². The van der Waals surface area contributed by atoms with Crippen LogP contribution in [0.15, 0.2) is 0 Å². The molecule has 0 saturated carbocycles. The molecule has 3 heteroatoms. The van der Waals surface area contributed by atoms with Gasteiger partial charge in [-0.15, -0.1) is 0 Å². The Labute approximate surface area is 50.3 Å². The topological polar surface area (TPSA) is 0 Å². The summed E-state index contributed by atoms with van der Waals surface area (Å²) >= 11 is -0.731. The summed E-state index contributed by atoms with van der Waals surface area (Å²) in [5.41, 5.74) is 0. The van der Waals surface area contributed by atoms with Crippen molar-refractivity contribution >= 4 is 22.7 Å². The number of halogens is 1. The maximum atomic E-state index is 5.42. The zero-order valence-electron chi connectivity index (χ0n) is 3.18. The van der Waals surface area contributed by atoms with Crippen molar-refractivity contribution in [2.24, 2.45) is 0 Å². The zero-order valence-corrected chi connectivity index (χ0v) is 7.10. The van der Waals surface area contributed by atoms with Crippen LogP contribution in [0.4, 0.5) is 0 Å². The standard InChI is InChI=1S/2CH3.Au.ClH.H2S/h2*1H3;;1H;1H2/q;;+1;;/p-1. The van der Waals surface area contributed by atoms with Crippen molar-refractivity contribution in [1.29, 1.82) is 0 Å². The summed E-state index contributed by atoms with van der Waals surface area (Å²) in [5.74, 6) is 0. The van der Waals surface area contributed by atoms with Gasteiger partial charge in [0.25, 0.3) is 0 Å². The summed E-state index contributed by atoms with van der Waals surface area (Å²) in [6.45, 7) is 0. The van der Waals surface area contributed by atoms with Crippen molar-refractivity contribution in [2.45, 2.75) is 10.3 Å². The second-order valence-electron chi connectivity index (χ2n) is 0.529. The van der Waals surface area contributed by atoms with E-state index in [4.69, 9.17) is 9.19 Å². The molecule has 0 fully saturated rings. The molecule has 0 aliphatic heterocycles. The molecular weight excluding hydrogens is 289 g/mol. The zero-order chi connectivity index (χ0) is 3.58. The van der Waals surface area contributed by atoms with Crippen LogP contribution < -0.4 is 0 Å². The minimum atomic E-state index is -0.731. The molecule has 0 amide bonds. The maximum absolute atomic E-state index is 5.42. The van der Waals surface area contributed by atoms with E-state index in [0.717, 1.165) is 0 Å². The quantitative estimate of drug-likeness (QED) is 0.600. The van der Waals surface area contributed by atoms with Crippen LogP contribution in [0, 0.1) is 0 Å². The van der Waals surface area contributed by atoms with Crippen LogP contribution in [0.3, 0.4) is 0 Å². The van der Waals surface area contributed by atoms with E-state index in [1.807, 2.05) is 0 Å². The molecule has 0 aliphatic carbocycles. The van der Waals surface area contributed by atoms with E-state index in [-0.39, 0.29) is 13.5 Å². The summed E-state index contributed by atoms with van der Waals surface area (Å²) in [4.78, 5) is 0. The SMILES string of the molecule is S.[CH3][Au]([CH3])[Cl]. The van der Waals surface area contributed by atoms with Crippen LogP contribution in [0.2, 0.25) is 10.3 Å². The molecule has 0 saturated heterocycles. The summed E-state index contributed by atoms with van der Waals surface area (Å²) in [6, 6.07) is 0. The van der Waals surface area contributed by atoms with E-state index in [9.17, 15) is 0 Å². The monoisotopic (exact) mass is 296 g/mol. The molecule has 0 rings (SSSR count). The van der Waals surface area contributed by atoms with Crippen molar-refractivity contribution < 1.29 is 17.4 Å². The van der Waals surface area contributed by atoms with Crippen molar-refractivity contribution in [1.82, 2.24) is 0 Å². The first-order valence-electron chi connectivity index (χ1n) is 0.717. The van der Waals surface area contributed by atoms with Gasteiger partial charge in [0.2, 0.25) is 0 Å². The van der Waals surface area contributed by atoms with E-state index in [0.29, 0.717) is 0 Å². The molecule has 5 heavy (non-hydrogen) atoms. The van der Waals surface area contributed by atoms with Gasteiger partial charge >= 0.3 is 36.8 Å². The van der Waals surface area contributed by atoms with Crippen LogP contribution in [-0.4, -0.2) is 0 Å². The normalized spacial score (nSPS) is 9.00. The van der Waals surface area contributed by atoms with Gasteiger partial charge in [-0.1, -0.05) is 0 Å². The second kappa shape index (κ2) is 5.38. The molecule has 0 spiro atoms. The van der Waals surface area contributed by atoms with E-state index in [1.165, 1.54) is 0 Å². The van der Waals surface area contributed by atoms with Gasteiger partial charge in [0.05, 0.1) is 0 Å². The molecule has 0 aromatic carbocycles. The van der Waals surface area contributed by atoms with Crippen LogP contribution >= 0.6 is 22.7 Å². The molecule has 0 aliphatic rings. The molecule has 0 heterocycles. The van der Waals surface area contributed by atoms with Gasteiger partial charge in [0, 0.05) is 0 Å². The van der Waals surface area contributed by atoms with E-state index < -0.39 is 17.4 Å². The Morgan fingerprint density at radius 3 is 1.40 bits per heavy atom. The van der Waals surface area contributed by atoms with Gasteiger partial charge in [0.15, 0.2) is 0 Å². The Morgan fingerprint density at radius 1 is 1.40 bits per heavy atom. The summed E-state index contributed by atoms with van der Waals surface area (Å²) < 4.78 is 0. The van der Waals surface area contributed by atoms with Gasteiger partial charge in [-0.05, 0) is 0 Å². The van der Waals surface area contributed by atoms with E-state index >= 15 is 0 Å². The predicted molar refractivity (Wildman–Crippen MR) is 28.0 cm³/mol. The first-order valence-corrected chi connectivity index (χ1v) is 7.73. The molecule has 0 nitrogen and oxygen atoms in total. The third-order valence-electron chi connectivity index (χ3n) is 0. The Bertz CT molecular complexity index is 14.4. The van der Waals surface area contributed by atoms with Crippen LogP contribution in [0.25, 0.3) is 0 Å². The van der Waals surface area contributed by atoms with Crippen LogP contribution in [0.1, 0.15) is 0 Å². The minimum absolute atomic E-state index is 0. The summed E-state index contributed by atoms with van der Waals surface area (Å²) in [6.07, 6.45) is 0. The van der Waals surface area contributed by atoms with Crippen molar-refractivity contribution in [3.63, 3.8) is 0 Å². The summed E-state index contributed by atoms with van der Waals surface area (Å²) in [5, 5.41) is 4.16. The fourth-order valence-electron chi connectivity index (χ4n) is 0. The molecule has 0 bridgehead atoms. The molecule has 0 atom stereocenters. The second-order valence-corrected chi connectivity index (χ2v) is 8.06. The fraction of sp³-hybridized carbons (Fsp3) is 1.00. The first-order chi connectivity index (χ1) is 1.73. The summed E-state index contributed by atoms with van der Waals surface area (Å²) in [7, 11) is 5.42. The van der Waals surface area contributed by atoms with Gasteiger partial charge in [0.1, 0.15) is 0 Å². The van der Waals surface area contributed by atoms with Crippen LogP contribution in [-0.2, 0) is 17.4 Å². The van der Waals surface area contributed by atoms with Crippen LogP contribution in [0.5, 0.6) is 0 Å². The van der Waals surface area contributed by atoms with Gasteiger partial charge in [-0.3, -0.25) is 0 Å². The number of hydrogen-bond donors (Lipinski definition) is 0. The molecule has 0 aromatic rings. The number of hydrogen-bond acceptors (Lipinski definition) is 0. The third kappa shape index (κ3) is 32.3. The fourth-order valence-corrected chi connectivity index (χ4v) is 0. The van der Waals surface area contributed by atoms with Crippen molar-refractivity contribution in [2.75, 3.05) is 0 Å². The number of rotatable bonds is 0. The Kier molecular flexibility index (Phi) is 10.4.